The van der Waals surface area contributed by atoms with E-state index in [1.807, 2.05) is 41.3 Å². The molecule has 6 nitrogen and oxygen atoms in total. The summed E-state index contributed by atoms with van der Waals surface area (Å²) in [5.41, 5.74) is 4.54. The van der Waals surface area contributed by atoms with E-state index in [1.165, 1.54) is 5.56 Å². The number of methoxy groups -OCH3 is 1. The first kappa shape index (κ1) is 23.0. The van der Waals surface area contributed by atoms with Crippen LogP contribution in [0.4, 0.5) is 0 Å². The summed E-state index contributed by atoms with van der Waals surface area (Å²) in [5.74, 6) is 0.346. The number of ether oxygens (including phenoxy) is 1. The predicted molar refractivity (Wildman–Crippen MR) is 128 cm³/mol. The largest absolute Gasteiger partial charge is 0.497 e. The van der Waals surface area contributed by atoms with Gasteiger partial charge in [-0.1, -0.05) is 30.3 Å². The SMILES string of the molecule is COc1ccc2c(c1)CCN=C2CC1CN(C(=O)CCc2ccccc2)CCC1CC(=O)O. The second kappa shape index (κ2) is 10.6. The topological polar surface area (TPSA) is 79.2 Å². The van der Waals surface area contributed by atoms with Crippen LogP contribution >= 0.6 is 0 Å². The summed E-state index contributed by atoms with van der Waals surface area (Å²) >= 11 is 0. The third kappa shape index (κ3) is 5.81. The zero-order chi connectivity index (χ0) is 23.2. The zero-order valence-electron chi connectivity index (χ0n) is 19.2. The second-order valence-corrected chi connectivity index (χ2v) is 9.04. The minimum Gasteiger partial charge on any atom is -0.497 e. The molecule has 1 fully saturated rings. The number of aliphatic imine (C=N–C) groups is 1. The normalized spacial score (nSPS) is 20.0. The maximum atomic E-state index is 13.0. The number of nitrogens with zero attached hydrogens (tertiary/aromatic N) is 2. The minimum atomic E-state index is -0.774. The van der Waals surface area contributed by atoms with E-state index in [0.29, 0.717) is 25.9 Å². The Kier molecular flexibility index (Phi) is 7.43. The first-order valence-corrected chi connectivity index (χ1v) is 11.8. The standard InChI is InChI=1S/C27H32N2O4/c1-33-23-8-9-24-21(15-23)11-13-28-25(24)16-22-18-29(14-12-20(22)17-27(31)32)26(30)10-7-19-5-3-2-4-6-19/h2-6,8-9,15,20,22H,7,10-14,16-18H2,1H3,(H,31,32). The summed E-state index contributed by atoms with van der Waals surface area (Å²) in [5, 5.41) is 9.47. The number of hydrogen-bond donors (Lipinski definition) is 1. The zero-order valence-corrected chi connectivity index (χ0v) is 19.2. The van der Waals surface area contributed by atoms with Crippen LogP contribution in [-0.2, 0) is 22.4 Å². The van der Waals surface area contributed by atoms with Crippen molar-refractivity contribution in [2.75, 3.05) is 26.7 Å². The molecular formula is C27H32N2O4. The van der Waals surface area contributed by atoms with E-state index >= 15 is 0 Å². The fourth-order valence-electron chi connectivity index (χ4n) is 5.09. The molecule has 0 bridgehead atoms. The Morgan fingerprint density at radius 1 is 1.15 bits per heavy atom. The molecule has 0 aliphatic carbocycles. The van der Waals surface area contributed by atoms with Gasteiger partial charge in [-0.25, -0.2) is 0 Å². The Labute approximate surface area is 195 Å². The van der Waals surface area contributed by atoms with Crippen LogP contribution in [0.25, 0.3) is 0 Å². The number of piperidine rings is 1. The van der Waals surface area contributed by atoms with Gasteiger partial charge in [-0.05, 0) is 72.4 Å². The lowest BCUT2D eigenvalue weighted by molar-refractivity contribution is -0.139. The molecule has 1 N–H and O–H groups in total. The monoisotopic (exact) mass is 448 g/mol. The van der Waals surface area contributed by atoms with E-state index < -0.39 is 5.97 Å². The third-order valence-electron chi connectivity index (χ3n) is 6.91. The fraction of sp³-hybridized carbons (Fsp3) is 0.444. The molecule has 0 spiro atoms. The summed E-state index contributed by atoms with van der Waals surface area (Å²) in [6.07, 6.45) is 3.63. The number of aryl methyl sites for hydroxylation is 1. The molecule has 2 atom stereocenters. The molecular weight excluding hydrogens is 416 g/mol. The van der Waals surface area contributed by atoms with Crippen LogP contribution in [0.5, 0.6) is 5.75 Å². The molecule has 6 heteroatoms. The number of benzene rings is 2. The van der Waals surface area contributed by atoms with E-state index in [-0.39, 0.29) is 24.2 Å². The maximum absolute atomic E-state index is 13.0. The summed E-state index contributed by atoms with van der Waals surface area (Å²) < 4.78 is 5.37. The highest BCUT2D eigenvalue weighted by atomic mass is 16.5. The third-order valence-corrected chi connectivity index (χ3v) is 6.91. The number of carbonyl (C=O) groups excluding carboxylic acids is 1. The predicted octanol–water partition coefficient (Wildman–Crippen LogP) is 4.00. The Balaban J connectivity index is 1.46. The number of carbonyl (C=O) groups is 2. The number of aliphatic carboxylic acids is 1. The summed E-state index contributed by atoms with van der Waals surface area (Å²) in [7, 11) is 1.67. The minimum absolute atomic E-state index is 0.0481. The lowest BCUT2D eigenvalue weighted by Gasteiger charge is -2.39. The van der Waals surface area contributed by atoms with Gasteiger partial charge in [0.15, 0.2) is 0 Å². The number of fused-ring (bicyclic) bond motifs is 1. The van der Waals surface area contributed by atoms with Crippen molar-refractivity contribution in [3.05, 3.63) is 65.2 Å². The molecule has 2 aromatic rings. The summed E-state index contributed by atoms with van der Waals surface area (Å²) in [4.78, 5) is 31.2. The smallest absolute Gasteiger partial charge is 0.303 e. The maximum Gasteiger partial charge on any atom is 0.303 e. The van der Waals surface area contributed by atoms with Crippen molar-refractivity contribution in [2.45, 2.75) is 38.5 Å². The van der Waals surface area contributed by atoms with Crippen molar-refractivity contribution >= 4 is 17.6 Å². The Morgan fingerprint density at radius 2 is 1.97 bits per heavy atom. The van der Waals surface area contributed by atoms with Gasteiger partial charge in [-0.3, -0.25) is 14.6 Å². The van der Waals surface area contributed by atoms with E-state index in [0.717, 1.165) is 48.4 Å². The van der Waals surface area contributed by atoms with Crippen LogP contribution in [0, 0.1) is 11.8 Å². The first-order chi connectivity index (χ1) is 16.0. The van der Waals surface area contributed by atoms with E-state index in [9.17, 15) is 14.7 Å². The molecule has 1 amide bonds. The summed E-state index contributed by atoms with van der Waals surface area (Å²) in [6.45, 7) is 1.95. The van der Waals surface area contributed by atoms with Crippen molar-refractivity contribution in [1.82, 2.24) is 4.90 Å². The highest BCUT2D eigenvalue weighted by Gasteiger charge is 2.34. The van der Waals surface area contributed by atoms with Gasteiger partial charge >= 0.3 is 5.97 Å². The van der Waals surface area contributed by atoms with Gasteiger partial charge in [0.25, 0.3) is 0 Å². The van der Waals surface area contributed by atoms with E-state index in [4.69, 9.17) is 9.73 Å². The second-order valence-electron chi connectivity index (χ2n) is 9.04. The van der Waals surface area contributed by atoms with Gasteiger partial charge in [-0.2, -0.15) is 0 Å². The molecule has 2 heterocycles. The molecule has 4 rings (SSSR count). The van der Waals surface area contributed by atoms with E-state index in [2.05, 4.69) is 12.1 Å². The molecule has 174 valence electrons. The molecule has 2 aliphatic heterocycles. The van der Waals surface area contributed by atoms with Gasteiger partial charge in [0.05, 0.1) is 7.11 Å². The van der Waals surface area contributed by atoms with Crippen LogP contribution in [-0.4, -0.2) is 54.3 Å². The Bertz CT molecular complexity index is 1020. The molecule has 0 aromatic heterocycles. The quantitative estimate of drug-likeness (QED) is 0.662. The van der Waals surface area contributed by atoms with Gasteiger partial charge in [-0.15, -0.1) is 0 Å². The fourth-order valence-corrected chi connectivity index (χ4v) is 5.09. The van der Waals surface area contributed by atoms with Gasteiger partial charge in [0.1, 0.15) is 5.75 Å². The first-order valence-electron chi connectivity index (χ1n) is 11.8. The molecule has 2 unspecified atom stereocenters. The molecule has 2 aromatic carbocycles. The average Bonchev–Trinajstić information content (AvgIpc) is 2.83. The van der Waals surface area contributed by atoms with Crippen LogP contribution in [0.3, 0.4) is 0 Å². The van der Waals surface area contributed by atoms with Crippen LogP contribution < -0.4 is 4.74 Å². The van der Waals surface area contributed by atoms with Gasteiger partial charge < -0.3 is 14.7 Å². The van der Waals surface area contributed by atoms with Crippen molar-refractivity contribution < 1.29 is 19.4 Å². The lowest BCUT2D eigenvalue weighted by atomic mass is 9.78. The number of rotatable bonds is 8. The summed E-state index contributed by atoms with van der Waals surface area (Å²) in [6, 6.07) is 16.1. The van der Waals surface area contributed by atoms with Crippen LogP contribution in [0.2, 0.25) is 0 Å². The number of hydrogen-bond acceptors (Lipinski definition) is 4. The number of carboxylic acids is 1. The number of carboxylic acid groups (broad SMARTS) is 1. The molecule has 0 radical (unpaired) electrons. The molecule has 0 saturated carbocycles. The Morgan fingerprint density at radius 3 is 2.73 bits per heavy atom. The number of amides is 1. The highest BCUT2D eigenvalue weighted by Crippen LogP contribution is 2.33. The van der Waals surface area contributed by atoms with Crippen LogP contribution in [0.1, 0.15) is 42.4 Å². The van der Waals surface area contributed by atoms with Crippen LogP contribution in [0.15, 0.2) is 53.5 Å². The van der Waals surface area contributed by atoms with Crippen molar-refractivity contribution in [3.63, 3.8) is 0 Å². The Hall–Kier alpha value is -3.15. The van der Waals surface area contributed by atoms with Gasteiger partial charge in [0, 0.05) is 38.2 Å². The average molecular weight is 449 g/mol. The highest BCUT2D eigenvalue weighted by molar-refractivity contribution is 6.03. The number of likely N-dealkylation sites (tertiary alicyclic amines) is 1. The lowest BCUT2D eigenvalue weighted by Crippen LogP contribution is -2.45. The van der Waals surface area contributed by atoms with Gasteiger partial charge in [0.2, 0.25) is 5.91 Å². The van der Waals surface area contributed by atoms with Crippen molar-refractivity contribution in [3.8, 4) is 5.75 Å². The molecule has 33 heavy (non-hydrogen) atoms. The van der Waals surface area contributed by atoms with E-state index in [1.54, 1.807) is 7.11 Å². The molecule has 2 aliphatic rings. The van der Waals surface area contributed by atoms with Crippen molar-refractivity contribution in [1.29, 1.82) is 0 Å². The van der Waals surface area contributed by atoms with Crippen molar-refractivity contribution in [2.24, 2.45) is 16.8 Å². The molecule has 1 saturated heterocycles.